The van der Waals surface area contributed by atoms with Crippen molar-refractivity contribution in [3.63, 3.8) is 0 Å². The number of nitrogens with zero attached hydrogens (tertiary/aromatic N) is 3. The van der Waals surface area contributed by atoms with Crippen LogP contribution in [0.1, 0.15) is 21.7 Å². The molecular formula is C27H28Cl2FN3O4. The van der Waals surface area contributed by atoms with Crippen molar-refractivity contribution in [2.45, 2.75) is 13.1 Å². The molecule has 2 aromatic carbocycles. The fourth-order valence-electron chi connectivity index (χ4n) is 4.10. The summed E-state index contributed by atoms with van der Waals surface area (Å²) in [6.07, 6.45) is 1.54. The molecule has 2 amide bonds. The minimum atomic E-state index is -0.354. The number of hydrogen-bond acceptors (Lipinski definition) is 5. The lowest BCUT2D eigenvalue weighted by Gasteiger charge is -2.31. The Morgan fingerprint density at radius 1 is 0.946 bits per heavy atom. The highest BCUT2D eigenvalue weighted by molar-refractivity contribution is 6.35. The molecule has 1 fully saturated rings. The van der Waals surface area contributed by atoms with Crippen LogP contribution in [0.4, 0.5) is 4.39 Å². The minimum Gasteiger partial charge on any atom is -0.467 e. The predicted octanol–water partition coefficient (Wildman–Crippen LogP) is 4.73. The maximum Gasteiger partial charge on any atom is 0.254 e. The van der Waals surface area contributed by atoms with E-state index in [0.717, 1.165) is 18.7 Å². The van der Waals surface area contributed by atoms with E-state index in [-0.39, 0.29) is 37.3 Å². The Kier molecular flexibility index (Phi) is 9.57. The van der Waals surface area contributed by atoms with Gasteiger partial charge in [0.2, 0.25) is 5.91 Å². The van der Waals surface area contributed by atoms with E-state index in [0.29, 0.717) is 47.7 Å². The number of carbonyl (C=O) groups excluding carboxylic acids is 2. The van der Waals surface area contributed by atoms with Gasteiger partial charge in [-0.2, -0.15) is 0 Å². The van der Waals surface area contributed by atoms with Gasteiger partial charge in [0.1, 0.15) is 18.1 Å². The van der Waals surface area contributed by atoms with Crippen LogP contribution in [0.15, 0.2) is 65.3 Å². The maximum absolute atomic E-state index is 13.6. The van der Waals surface area contributed by atoms with Crippen LogP contribution in [-0.2, 0) is 22.6 Å². The number of halogens is 3. The molecule has 0 saturated carbocycles. The van der Waals surface area contributed by atoms with E-state index < -0.39 is 0 Å². The molecule has 4 rings (SSSR count). The van der Waals surface area contributed by atoms with Crippen molar-refractivity contribution in [1.82, 2.24) is 14.7 Å². The molecule has 0 N–H and O–H groups in total. The van der Waals surface area contributed by atoms with E-state index in [1.807, 2.05) is 0 Å². The predicted molar refractivity (Wildman–Crippen MR) is 139 cm³/mol. The summed E-state index contributed by atoms with van der Waals surface area (Å²) in [6, 6.07) is 14.1. The summed E-state index contributed by atoms with van der Waals surface area (Å²) in [7, 11) is 0. The Balaban J connectivity index is 1.54. The van der Waals surface area contributed by atoms with E-state index in [1.54, 1.807) is 47.4 Å². The molecule has 0 spiro atoms. The molecule has 7 nitrogen and oxygen atoms in total. The summed E-state index contributed by atoms with van der Waals surface area (Å²) in [6.45, 7) is 3.98. The van der Waals surface area contributed by atoms with E-state index in [9.17, 15) is 14.0 Å². The van der Waals surface area contributed by atoms with Gasteiger partial charge in [0.15, 0.2) is 0 Å². The number of benzene rings is 2. The maximum atomic E-state index is 13.6. The van der Waals surface area contributed by atoms with Crippen molar-refractivity contribution in [3.05, 3.63) is 93.6 Å². The summed E-state index contributed by atoms with van der Waals surface area (Å²) in [5, 5.41) is 0.678. The van der Waals surface area contributed by atoms with Crippen LogP contribution in [-0.4, -0.2) is 72.5 Å². The van der Waals surface area contributed by atoms with Gasteiger partial charge in [-0.25, -0.2) is 4.39 Å². The normalized spacial score (nSPS) is 13.9. The van der Waals surface area contributed by atoms with Crippen LogP contribution in [0.2, 0.25) is 10.0 Å². The van der Waals surface area contributed by atoms with Gasteiger partial charge in [-0.15, -0.1) is 0 Å². The molecule has 0 aliphatic carbocycles. The van der Waals surface area contributed by atoms with E-state index in [1.165, 1.54) is 23.3 Å². The summed E-state index contributed by atoms with van der Waals surface area (Å²) >= 11 is 12.3. The highest BCUT2D eigenvalue weighted by atomic mass is 35.5. The van der Waals surface area contributed by atoms with E-state index in [4.69, 9.17) is 32.4 Å². The molecule has 1 aliphatic heterocycles. The largest absolute Gasteiger partial charge is 0.467 e. The van der Waals surface area contributed by atoms with Gasteiger partial charge in [-0.3, -0.25) is 14.5 Å². The number of morpholine rings is 1. The first-order valence-corrected chi connectivity index (χ1v) is 12.7. The number of carbonyl (C=O) groups is 2. The number of ether oxygens (including phenoxy) is 1. The number of rotatable bonds is 10. The molecular weight excluding hydrogens is 520 g/mol. The Bertz CT molecular complexity index is 1160. The first-order chi connectivity index (χ1) is 17.9. The van der Waals surface area contributed by atoms with Crippen molar-refractivity contribution in [2.75, 3.05) is 45.9 Å². The second-order valence-corrected chi connectivity index (χ2v) is 9.67. The number of furan rings is 1. The fraction of sp³-hybridized carbons (Fsp3) is 0.333. The Hall–Kier alpha value is -2.91. The first-order valence-electron chi connectivity index (χ1n) is 12.0. The highest BCUT2D eigenvalue weighted by Crippen LogP contribution is 2.21. The standard InChI is InChI=1S/C27H28Cl2FN3O4/c28-22-14-21(15-23(29)16-22)27(35)32(8-7-31-9-12-36-13-10-31)19-26(34)33(18-25-2-1-11-37-25)17-20-3-5-24(30)6-4-20/h1-6,11,14-16H,7-10,12-13,17-19H2. The number of amides is 2. The molecule has 1 aliphatic rings. The lowest BCUT2D eigenvalue weighted by molar-refractivity contribution is -0.133. The SMILES string of the molecule is O=C(CN(CCN1CCOCC1)C(=O)c1cc(Cl)cc(Cl)c1)N(Cc1ccc(F)cc1)Cc1ccco1. The molecule has 0 atom stereocenters. The molecule has 196 valence electrons. The second kappa shape index (κ2) is 13.1. The smallest absolute Gasteiger partial charge is 0.254 e. The molecule has 2 heterocycles. The molecule has 1 aromatic heterocycles. The topological polar surface area (TPSA) is 66.2 Å². The first kappa shape index (κ1) is 27.1. The summed E-state index contributed by atoms with van der Waals surface area (Å²) in [5.41, 5.74) is 1.07. The van der Waals surface area contributed by atoms with E-state index >= 15 is 0 Å². The molecule has 0 radical (unpaired) electrons. The summed E-state index contributed by atoms with van der Waals surface area (Å²) in [5.74, 6) is -0.370. The van der Waals surface area contributed by atoms with Crippen LogP contribution in [0.5, 0.6) is 0 Å². The van der Waals surface area contributed by atoms with Gasteiger partial charge in [-0.05, 0) is 48.0 Å². The minimum absolute atomic E-state index is 0.158. The zero-order valence-corrected chi connectivity index (χ0v) is 21.8. The third-order valence-electron chi connectivity index (χ3n) is 6.08. The Morgan fingerprint density at radius 2 is 1.65 bits per heavy atom. The third-order valence-corrected chi connectivity index (χ3v) is 6.52. The van der Waals surface area contributed by atoms with E-state index in [2.05, 4.69) is 4.90 Å². The van der Waals surface area contributed by atoms with Crippen molar-refractivity contribution in [1.29, 1.82) is 0 Å². The van der Waals surface area contributed by atoms with Crippen LogP contribution in [0.3, 0.4) is 0 Å². The lowest BCUT2D eigenvalue weighted by Crippen LogP contribution is -2.47. The van der Waals surface area contributed by atoms with Gasteiger partial charge in [0.05, 0.1) is 26.0 Å². The summed E-state index contributed by atoms with van der Waals surface area (Å²) in [4.78, 5) is 32.4. The zero-order chi connectivity index (χ0) is 26.2. The Labute approximate surface area is 225 Å². The van der Waals surface area contributed by atoms with Crippen LogP contribution >= 0.6 is 23.2 Å². The van der Waals surface area contributed by atoms with Gasteiger partial charge in [-0.1, -0.05) is 35.3 Å². The summed E-state index contributed by atoms with van der Waals surface area (Å²) < 4.78 is 24.3. The third kappa shape index (κ3) is 8.04. The molecule has 37 heavy (non-hydrogen) atoms. The zero-order valence-electron chi connectivity index (χ0n) is 20.2. The van der Waals surface area contributed by atoms with Crippen molar-refractivity contribution in [3.8, 4) is 0 Å². The molecule has 10 heteroatoms. The van der Waals surface area contributed by atoms with Gasteiger partial charge >= 0.3 is 0 Å². The lowest BCUT2D eigenvalue weighted by atomic mass is 10.1. The average Bonchev–Trinajstić information content (AvgIpc) is 3.40. The fourth-order valence-corrected chi connectivity index (χ4v) is 4.62. The van der Waals surface area contributed by atoms with Crippen molar-refractivity contribution in [2.24, 2.45) is 0 Å². The second-order valence-electron chi connectivity index (χ2n) is 8.79. The van der Waals surface area contributed by atoms with Crippen molar-refractivity contribution < 1.29 is 23.1 Å². The van der Waals surface area contributed by atoms with Gasteiger partial charge < -0.3 is 19.0 Å². The van der Waals surface area contributed by atoms with Crippen molar-refractivity contribution >= 4 is 35.0 Å². The monoisotopic (exact) mass is 547 g/mol. The molecule has 0 bridgehead atoms. The van der Waals surface area contributed by atoms with Crippen LogP contribution in [0.25, 0.3) is 0 Å². The highest BCUT2D eigenvalue weighted by Gasteiger charge is 2.25. The Morgan fingerprint density at radius 3 is 2.30 bits per heavy atom. The van der Waals surface area contributed by atoms with Crippen LogP contribution < -0.4 is 0 Å². The molecule has 1 saturated heterocycles. The van der Waals surface area contributed by atoms with Gasteiger partial charge in [0.25, 0.3) is 5.91 Å². The molecule has 0 unspecified atom stereocenters. The molecule has 3 aromatic rings. The van der Waals surface area contributed by atoms with Gasteiger partial charge in [0, 0.05) is 48.3 Å². The average molecular weight is 548 g/mol. The number of hydrogen-bond donors (Lipinski definition) is 0. The quantitative estimate of drug-likeness (QED) is 0.367. The van der Waals surface area contributed by atoms with Crippen LogP contribution in [0, 0.1) is 5.82 Å².